The number of aromatic nitrogens is 2. The number of nitriles is 1. The number of imidazole rings is 1. The van der Waals surface area contributed by atoms with Crippen molar-refractivity contribution in [2.75, 3.05) is 0 Å². The van der Waals surface area contributed by atoms with Crippen LogP contribution in [0.3, 0.4) is 0 Å². The minimum atomic E-state index is 0.138. The fraction of sp³-hybridized carbons (Fsp3) is 0.222. The Morgan fingerprint density at radius 2 is 1.86 bits per heavy atom. The Balaban J connectivity index is 2.08. The van der Waals surface area contributed by atoms with Crippen LogP contribution in [0.2, 0.25) is 0 Å². The minimum absolute atomic E-state index is 0.138. The van der Waals surface area contributed by atoms with E-state index in [1.54, 1.807) is 0 Å². The molecular formula is C18H17N3O. The summed E-state index contributed by atoms with van der Waals surface area (Å²) in [5.74, 6) is 0.817. The molecule has 0 amide bonds. The van der Waals surface area contributed by atoms with Crippen LogP contribution in [0, 0.1) is 18.3 Å². The molecule has 0 aliphatic carbocycles. The van der Waals surface area contributed by atoms with Gasteiger partial charge in [-0.1, -0.05) is 6.07 Å². The van der Waals surface area contributed by atoms with Crippen LogP contribution in [0.4, 0.5) is 0 Å². The first-order valence-electron chi connectivity index (χ1n) is 7.24. The van der Waals surface area contributed by atoms with Crippen LogP contribution < -0.4 is 4.74 Å². The Bertz CT molecular complexity index is 854. The molecule has 0 bridgehead atoms. The van der Waals surface area contributed by atoms with E-state index in [-0.39, 0.29) is 6.10 Å². The Hall–Kier alpha value is -2.80. The number of nitrogens with zero attached hydrogens (tertiary/aromatic N) is 3. The van der Waals surface area contributed by atoms with Crippen molar-refractivity contribution < 1.29 is 4.74 Å². The Morgan fingerprint density at radius 3 is 2.50 bits per heavy atom. The van der Waals surface area contributed by atoms with Crippen LogP contribution in [0.1, 0.15) is 25.1 Å². The van der Waals surface area contributed by atoms with E-state index in [4.69, 9.17) is 4.74 Å². The van der Waals surface area contributed by atoms with Crippen LogP contribution in [0.25, 0.3) is 16.9 Å². The van der Waals surface area contributed by atoms with Crippen LogP contribution in [-0.4, -0.2) is 15.5 Å². The summed E-state index contributed by atoms with van der Waals surface area (Å²) in [5, 5.41) is 9.50. The summed E-state index contributed by atoms with van der Waals surface area (Å²) in [7, 11) is 0. The Kier molecular flexibility index (Phi) is 3.56. The predicted octanol–water partition coefficient (Wildman–Crippen LogP) is 3.97. The van der Waals surface area contributed by atoms with Gasteiger partial charge in [0.15, 0.2) is 5.69 Å². The average Bonchev–Trinajstić information content (AvgIpc) is 2.85. The Labute approximate surface area is 129 Å². The SMILES string of the molecule is Cc1ccc2nc(-c3ccc(OC(C)C)cc3)c(C#N)n2c1. The predicted molar refractivity (Wildman–Crippen MR) is 85.8 cm³/mol. The van der Waals surface area contributed by atoms with E-state index >= 15 is 0 Å². The first kappa shape index (κ1) is 14.2. The van der Waals surface area contributed by atoms with Crippen molar-refractivity contribution >= 4 is 5.65 Å². The smallest absolute Gasteiger partial charge is 0.152 e. The maximum absolute atomic E-state index is 9.50. The Morgan fingerprint density at radius 1 is 1.14 bits per heavy atom. The molecule has 3 aromatic rings. The zero-order chi connectivity index (χ0) is 15.7. The van der Waals surface area contributed by atoms with Crippen molar-refractivity contribution in [3.8, 4) is 23.1 Å². The molecule has 22 heavy (non-hydrogen) atoms. The number of rotatable bonds is 3. The summed E-state index contributed by atoms with van der Waals surface area (Å²) in [5.41, 5.74) is 4.03. The van der Waals surface area contributed by atoms with E-state index in [0.717, 1.165) is 22.5 Å². The van der Waals surface area contributed by atoms with Gasteiger partial charge >= 0.3 is 0 Å². The normalized spacial score (nSPS) is 10.9. The maximum Gasteiger partial charge on any atom is 0.152 e. The van der Waals surface area contributed by atoms with Crippen molar-refractivity contribution in [1.29, 1.82) is 5.26 Å². The lowest BCUT2D eigenvalue weighted by Crippen LogP contribution is -2.05. The lowest BCUT2D eigenvalue weighted by atomic mass is 10.1. The van der Waals surface area contributed by atoms with Gasteiger partial charge in [-0.15, -0.1) is 0 Å². The summed E-state index contributed by atoms with van der Waals surface area (Å²) < 4.78 is 7.48. The first-order valence-corrected chi connectivity index (χ1v) is 7.24. The van der Waals surface area contributed by atoms with Gasteiger partial charge in [-0.25, -0.2) is 4.98 Å². The lowest BCUT2D eigenvalue weighted by molar-refractivity contribution is 0.242. The number of fused-ring (bicyclic) bond motifs is 1. The van der Waals surface area contributed by atoms with Crippen molar-refractivity contribution in [3.05, 3.63) is 53.9 Å². The van der Waals surface area contributed by atoms with Gasteiger partial charge < -0.3 is 4.74 Å². The fourth-order valence-electron chi connectivity index (χ4n) is 2.42. The number of aryl methyl sites for hydroxylation is 1. The molecule has 2 heterocycles. The third-order valence-electron chi connectivity index (χ3n) is 3.37. The van der Waals surface area contributed by atoms with Crippen molar-refractivity contribution in [2.45, 2.75) is 26.9 Å². The molecule has 0 atom stereocenters. The molecule has 0 spiro atoms. The molecule has 3 rings (SSSR count). The second-order valence-electron chi connectivity index (χ2n) is 5.55. The zero-order valence-corrected chi connectivity index (χ0v) is 12.9. The highest BCUT2D eigenvalue weighted by Gasteiger charge is 2.13. The molecule has 0 saturated carbocycles. The third kappa shape index (κ3) is 2.53. The number of benzene rings is 1. The zero-order valence-electron chi connectivity index (χ0n) is 12.9. The van der Waals surface area contributed by atoms with Gasteiger partial charge in [0, 0.05) is 11.8 Å². The third-order valence-corrected chi connectivity index (χ3v) is 3.37. The van der Waals surface area contributed by atoms with E-state index in [0.29, 0.717) is 11.4 Å². The fourth-order valence-corrected chi connectivity index (χ4v) is 2.42. The summed E-state index contributed by atoms with van der Waals surface area (Å²) >= 11 is 0. The maximum atomic E-state index is 9.50. The quantitative estimate of drug-likeness (QED) is 0.733. The highest BCUT2D eigenvalue weighted by atomic mass is 16.5. The number of ether oxygens (including phenoxy) is 1. The topological polar surface area (TPSA) is 50.3 Å². The molecule has 0 aliphatic rings. The van der Waals surface area contributed by atoms with Crippen molar-refractivity contribution in [3.63, 3.8) is 0 Å². The minimum Gasteiger partial charge on any atom is -0.491 e. The lowest BCUT2D eigenvalue weighted by Gasteiger charge is -2.09. The highest BCUT2D eigenvalue weighted by Crippen LogP contribution is 2.26. The second kappa shape index (κ2) is 5.53. The summed E-state index contributed by atoms with van der Waals surface area (Å²) in [4.78, 5) is 4.59. The van der Waals surface area contributed by atoms with E-state index in [2.05, 4.69) is 11.1 Å². The van der Waals surface area contributed by atoms with E-state index in [1.807, 2.05) is 67.8 Å². The summed E-state index contributed by atoms with van der Waals surface area (Å²) in [6.45, 7) is 5.98. The number of pyridine rings is 1. The van der Waals surface area contributed by atoms with E-state index in [9.17, 15) is 5.26 Å². The van der Waals surface area contributed by atoms with Crippen LogP contribution in [0.5, 0.6) is 5.75 Å². The van der Waals surface area contributed by atoms with Crippen LogP contribution in [0.15, 0.2) is 42.6 Å². The van der Waals surface area contributed by atoms with Crippen molar-refractivity contribution in [2.24, 2.45) is 0 Å². The molecule has 0 radical (unpaired) electrons. The number of hydrogen-bond donors (Lipinski definition) is 0. The summed E-state index contributed by atoms with van der Waals surface area (Å²) in [6.07, 6.45) is 2.07. The van der Waals surface area contributed by atoms with Crippen LogP contribution in [-0.2, 0) is 0 Å². The van der Waals surface area contributed by atoms with Gasteiger partial charge in [-0.3, -0.25) is 4.40 Å². The van der Waals surface area contributed by atoms with Crippen LogP contribution >= 0.6 is 0 Å². The monoisotopic (exact) mass is 291 g/mol. The van der Waals surface area contributed by atoms with Gasteiger partial charge in [0.05, 0.1) is 6.10 Å². The number of hydrogen-bond acceptors (Lipinski definition) is 3. The molecule has 0 aliphatic heterocycles. The molecule has 0 saturated heterocycles. The molecule has 4 heteroatoms. The van der Waals surface area contributed by atoms with Crippen molar-refractivity contribution in [1.82, 2.24) is 9.38 Å². The molecule has 4 nitrogen and oxygen atoms in total. The van der Waals surface area contributed by atoms with E-state index < -0.39 is 0 Å². The molecule has 0 fully saturated rings. The largest absolute Gasteiger partial charge is 0.491 e. The standard InChI is InChI=1S/C18H17N3O/c1-12(2)22-15-7-5-14(6-8-15)18-16(10-19)21-11-13(3)4-9-17(21)20-18/h4-9,11-12H,1-3H3. The van der Waals surface area contributed by atoms with Gasteiger partial charge in [0.2, 0.25) is 0 Å². The molecule has 2 aromatic heterocycles. The highest BCUT2D eigenvalue weighted by molar-refractivity contribution is 5.70. The van der Waals surface area contributed by atoms with Gasteiger partial charge in [-0.05, 0) is 56.7 Å². The van der Waals surface area contributed by atoms with Gasteiger partial charge in [0.25, 0.3) is 0 Å². The van der Waals surface area contributed by atoms with Gasteiger partial charge in [-0.2, -0.15) is 5.26 Å². The average molecular weight is 291 g/mol. The molecule has 0 unspecified atom stereocenters. The van der Waals surface area contributed by atoms with Gasteiger partial charge in [0.1, 0.15) is 23.2 Å². The molecule has 1 aromatic carbocycles. The second-order valence-corrected chi connectivity index (χ2v) is 5.55. The summed E-state index contributed by atoms with van der Waals surface area (Å²) in [6, 6.07) is 13.9. The van der Waals surface area contributed by atoms with E-state index in [1.165, 1.54) is 0 Å². The molecule has 110 valence electrons. The molecule has 0 N–H and O–H groups in total. The molecular weight excluding hydrogens is 274 g/mol. The first-order chi connectivity index (χ1) is 10.6.